The van der Waals surface area contributed by atoms with E-state index in [4.69, 9.17) is 14.2 Å². The first-order valence-electron chi connectivity index (χ1n) is 7.91. The summed E-state index contributed by atoms with van der Waals surface area (Å²) in [6, 6.07) is 11.3. The van der Waals surface area contributed by atoms with Gasteiger partial charge in [0.2, 0.25) is 0 Å². The average Bonchev–Trinajstić information content (AvgIpc) is 2.60. The second-order valence-corrected chi connectivity index (χ2v) is 6.15. The van der Waals surface area contributed by atoms with Gasteiger partial charge in [-0.05, 0) is 59.4 Å². The molecule has 23 heavy (non-hydrogen) atoms. The minimum absolute atomic E-state index is 0.324. The Morgan fingerprint density at radius 2 is 1.43 bits per heavy atom. The SMILES string of the molecule is COc1ccc2c(c1)[C@@H]1Cc3cc(OC)c(OC)cc3[C@H](C2)N1. The maximum absolute atomic E-state index is 5.47. The van der Waals surface area contributed by atoms with Crippen molar-refractivity contribution in [2.24, 2.45) is 0 Å². The minimum atomic E-state index is 0.324. The minimum Gasteiger partial charge on any atom is -0.497 e. The molecule has 0 saturated carbocycles. The number of methoxy groups -OCH3 is 3. The Hall–Kier alpha value is -2.20. The standard InChI is InChI=1S/C19H21NO3/c1-21-13-5-4-11-6-16-15-10-19(23-3)18(22-2)8-12(15)7-17(20-16)14(11)9-13/h4-5,8-10,16-17,20H,6-7H2,1-3H3/t16-,17-/m0/s1. The monoisotopic (exact) mass is 311 g/mol. The molecule has 2 heterocycles. The predicted octanol–water partition coefficient (Wildman–Crippen LogP) is 3.20. The van der Waals surface area contributed by atoms with E-state index in [9.17, 15) is 0 Å². The van der Waals surface area contributed by atoms with Crippen molar-refractivity contribution < 1.29 is 14.2 Å². The Morgan fingerprint density at radius 3 is 2.13 bits per heavy atom. The molecule has 2 atom stereocenters. The fraction of sp³-hybridized carbons (Fsp3) is 0.368. The Morgan fingerprint density at radius 1 is 0.783 bits per heavy atom. The van der Waals surface area contributed by atoms with Crippen LogP contribution in [0.15, 0.2) is 30.3 Å². The first kappa shape index (κ1) is 14.4. The van der Waals surface area contributed by atoms with Gasteiger partial charge >= 0.3 is 0 Å². The van der Waals surface area contributed by atoms with Crippen LogP contribution in [0.4, 0.5) is 0 Å². The van der Waals surface area contributed by atoms with E-state index >= 15 is 0 Å². The lowest BCUT2D eigenvalue weighted by Gasteiger charge is -2.39. The summed E-state index contributed by atoms with van der Waals surface area (Å²) in [6.45, 7) is 0. The molecule has 2 bridgehead atoms. The number of nitrogens with one attached hydrogen (secondary N) is 1. The zero-order valence-corrected chi connectivity index (χ0v) is 13.7. The van der Waals surface area contributed by atoms with Gasteiger partial charge in [-0.3, -0.25) is 0 Å². The topological polar surface area (TPSA) is 39.7 Å². The zero-order chi connectivity index (χ0) is 16.0. The van der Waals surface area contributed by atoms with Crippen molar-refractivity contribution in [1.82, 2.24) is 5.32 Å². The molecule has 0 fully saturated rings. The van der Waals surface area contributed by atoms with Crippen LogP contribution in [0, 0.1) is 0 Å². The molecule has 2 aromatic carbocycles. The normalized spacial score (nSPS) is 21.2. The molecular weight excluding hydrogens is 290 g/mol. The lowest BCUT2D eigenvalue weighted by atomic mass is 9.78. The molecule has 0 saturated heterocycles. The molecule has 2 aliphatic rings. The molecule has 0 unspecified atom stereocenters. The van der Waals surface area contributed by atoms with E-state index in [-0.39, 0.29) is 0 Å². The second-order valence-electron chi connectivity index (χ2n) is 6.15. The van der Waals surface area contributed by atoms with Crippen LogP contribution in [0.25, 0.3) is 0 Å². The van der Waals surface area contributed by atoms with Gasteiger partial charge in [0.1, 0.15) is 5.75 Å². The number of benzene rings is 2. The Balaban J connectivity index is 1.78. The molecule has 2 aliphatic heterocycles. The molecular formula is C19H21NO3. The van der Waals surface area contributed by atoms with Gasteiger partial charge in [0, 0.05) is 12.1 Å². The third-order valence-electron chi connectivity index (χ3n) is 5.00. The van der Waals surface area contributed by atoms with E-state index in [0.717, 1.165) is 30.1 Å². The number of hydrogen-bond donors (Lipinski definition) is 1. The highest BCUT2D eigenvalue weighted by Crippen LogP contribution is 2.44. The summed E-state index contributed by atoms with van der Waals surface area (Å²) in [6.07, 6.45) is 1.94. The third-order valence-corrected chi connectivity index (χ3v) is 5.00. The van der Waals surface area contributed by atoms with Crippen LogP contribution in [0.5, 0.6) is 17.2 Å². The van der Waals surface area contributed by atoms with Gasteiger partial charge in [-0.25, -0.2) is 0 Å². The van der Waals surface area contributed by atoms with Crippen LogP contribution in [0.2, 0.25) is 0 Å². The molecule has 0 aliphatic carbocycles. The van der Waals surface area contributed by atoms with Gasteiger partial charge in [0.15, 0.2) is 11.5 Å². The number of rotatable bonds is 3. The van der Waals surface area contributed by atoms with Crippen molar-refractivity contribution in [3.63, 3.8) is 0 Å². The van der Waals surface area contributed by atoms with Crippen molar-refractivity contribution in [1.29, 1.82) is 0 Å². The first-order valence-corrected chi connectivity index (χ1v) is 7.91. The van der Waals surface area contributed by atoms with Gasteiger partial charge in [-0.15, -0.1) is 0 Å². The molecule has 0 amide bonds. The number of hydrogen-bond acceptors (Lipinski definition) is 4. The Bertz CT molecular complexity index is 757. The summed E-state index contributed by atoms with van der Waals surface area (Å²) in [7, 11) is 5.09. The lowest BCUT2D eigenvalue weighted by Crippen LogP contribution is -2.39. The smallest absolute Gasteiger partial charge is 0.161 e. The van der Waals surface area contributed by atoms with Crippen LogP contribution < -0.4 is 19.5 Å². The number of ether oxygens (including phenoxy) is 3. The van der Waals surface area contributed by atoms with Crippen LogP contribution in [-0.4, -0.2) is 21.3 Å². The largest absolute Gasteiger partial charge is 0.497 e. The lowest BCUT2D eigenvalue weighted by molar-refractivity contribution is 0.344. The predicted molar refractivity (Wildman–Crippen MR) is 88.6 cm³/mol. The van der Waals surface area contributed by atoms with E-state index in [1.165, 1.54) is 22.3 Å². The van der Waals surface area contributed by atoms with Gasteiger partial charge in [-0.1, -0.05) is 6.07 Å². The molecule has 0 spiro atoms. The van der Waals surface area contributed by atoms with Crippen LogP contribution in [0.3, 0.4) is 0 Å². The highest BCUT2D eigenvalue weighted by molar-refractivity contribution is 5.53. The van der Waals surface area contributed by atoms with Crippen molar-refractivity contribution in [2.45, 2.75) is 24.9 Å². The maximum atomic E-state index is 5.47. The van der Waals surface area contributed by atoms with E-state index in [1.54, 1.807) is 21.3 Å². The molecule has 4 rings (SSSR count). The average molecular weight is 311 g/mol. The fourth-order valence-corrected chi connectivity index (χ4v) is 3.85. The van der Waals surface area contributed by atoms with Crippen LogP contribution >= 0.6 is 0 Å². The van der Waals surface area contributed by atoms with Crippen LogP contribution in [0.1, 0.15) is 34.3 Å². The Kier molecular flexibility index (Phi) is 3.42. The van der Waals surface area contributed by atoms with E-state index in [1.807, 2.05) is 0 Å². The highest BCUT2D eigenvalue weighted by Gasteiger charge is 2.34. The molecule has 120 valence electrons. The van der Waals surface area contributed by atoms with Gasteiger partial charge < -0.3 is 19.5 Å². The maximum Gasteiger partial charge on any atom is 0.161 e. The summed E-state index contributed by atoms with van der Waals surface area (Å²) in [5.74, 6) is 2.52. The zero-order valence-electron chi connectivity index (χ0n) is 13.7. The van der Waals surface area contributed by atoms with Crippen molar-refractivity contribution in [3.05, 3.63) is 52.6 Å². The molecule has 1 N–H and O–H groups in total. The summed E-state index contributed by atoms with van der Waals surface area (Å²) in [5.41, 5.74) is 5.41. The summed E-state index contributed by atoms with van der Waals surface area (Å²) < 4.78 is 16.3. The fourth-order valence-electron chi connectivity index (χ4n) is 3.85. The molecule has 2 aromatic rings. The number of fused-ring (bicyclic) bond motifs is 6. The van der Waals surface area contributed by atoms with E-state index < -0.39 is 0 Å². The first-order chi connectivity index (χ1) is 11.2. The summed E-state index contributed by atoms with van der Waals surface area (Å²) >= 11 is 0. The molecule has 4 nitrogen and oxygen atoms in total. The molecule has 0 radical (unpaired) electrons. The van der Waals surface area contributed by atoms with Crippen molar-refractivity contribution >= 4 is 0 Å². The van der Waals surface area contributed by atoms with Crippen molar-refractivity contribution in [2.75, 3.05) is 21.3 Å². The van der Waals surface area contributed by atoms with Crippen molar-refractivity contribution in [3.8, 4) is 17.2 Å². The quantitative estimate of drug-likeness (QED) is 0.945. The van der Waals surface area contributed by atoms with Gasteiger partial charge in [0.05, 0.1) is 21.3 Å². The molecule has 0 aromatic heterocycles. The summed E-state index contributed by atoms with van der Waals surface area (Å²) in [4.78, 5) is 0. The third kappa shape index (κ3) is 2.25. The highest BCUT2D eigenvalue weighted by atomic mass is 16.5. The second kappa shape index (κ2) is 5.46. The van der Waals surface area contributed by atoms with Gasteiger partial charge in [0.25, 0.3) is 0 Å². The van der Waals surface area contributed by atoms with Gasteiger partial charge in [-0.2, -0.15) is 0 Å². The van der Waals surface area contributed by atoms with E-state index in [0.29, 0.717) is 12.1 Å². The molecule has 4 heteroatoms. The van der Waals surface area contributed by atoms with Crippen LogP contribution in [-0.2, 0) is 12.8 Å². The Labute approximate surface area is 136 Å². The van der Waals surface area contributed by atoms with E-state index in [2.05, 4.69) is 35.6 Å². The summed E-state index contributed by atoms with van der Waals surface area (Å²) in [5, 5.41) is 3.75.